The average molecular weight is 472 g/mol. The number of sulfonamides is 1. The number of nitrogens with zero attached hydrogens (tertiary/aromatic N) is 1. The number of carbonyl (C=O) groups excluding carboxylic acids is 1. The zero-order chi connectivity index (χ0) is 20.6. The molecule has 0 aliphatic carbocycles. The minimum absolute atomic E-state index is 0.112. The van der Waals surface area contributed by atoms with Crippen LogP contribution in [0.1, 0.15) is 17.4 Å². The molecule has 0 aliphatic heterocycles. The number of rotatable bonds is 5. The quantitative estimate of drug-likeness (QED) is 0.655. The van der Waals surface area contributed by atoms with E-state index in [0.29, 0.717) is 6.92 Å². The summed E-state index contributed by atoms with van der Waals surface area (Å²) in [6, 6.07) is 2.37. The molecule has 0 fully saturated rings. The summed E-state index contributed by atoms with van der Waals surface area (Å²) in [5.74, 6) is -1.26. The molecular formula is C15H14BrF4N3O3S. The van der Waals surface area contributed by atoms with Gasteiger partial charge in [0, 0.05) is 18.9 Å². The normalized spacial score (nSPS) is 13.4. The number of hydrogen-bond acceptors (Lipinski definition) is 3. The number of amides is 1. The van der Waals surface area contributed by atoms with Crippen molar-refractivity contribution in [2.24, 2.45) is 7.05 Å². The lowest BCUT2D eigenvalue weighted by Crippen LogP contribution is -2.42. The summed E-state index contributed by atoms with van der Waals surface area (Å²) in [7, 11) is -3.13. The summed E-state index contributed by atoms with van der Waals surface area (Å²) in [6.45, 7) is 0.667. The Morgan fingerprint density at radius 3 is 2.44 bits per heavy atom. The number of aromatic nitrogens is 1. The highest BCUT2D eigenvalue weighted by Gasteiger charge is 2.39. The Morgan fingerprint density at radius 2 is 1.89 bits per heavy atom. The third-order valence-corrected chi connectivity index (χ3v) is 5.64. The number of benzene rings is 1. The summed E-state index contributed by atoms with van der Waals surface area (Å²) in [4.78, 5) is 11.8. The molecule has 1 heterocycles. The molecule has 1 amide bonds. The molecule has 1 atom stereocenters. The van der Waals surface area contributed by atoms with E-state index in [-0.39, 0.29) is 15.9 Å². The van der Waals surface area contributed by atoms with Gasteiger partial charge in [-0.15, -0.1) is 0 Å². The molecule has 1 aromatic heterocycles. The lowest BCUT2D eigenvalue weighted by atomic mass is 10.3. The highest BCUT2D eigenvalue weighted by atomic mass is 79.9. The summed E-state index contributed by atoms with van der Waals surface area (Å²) < 4.78 is 78.0. The van der Waals surface area contributed by atoms with Crippen LogP contribution in [0.2, 0.25) is 0 Å². The highest BCUT2D eigenvalue weighted by molar-refractivity contribution is 9.10. The van der Waals surface area contributed by atoms with Crippen molar-refractivity contribution >= 4 is 37.5 Å². The van der Waals surface area contributed by atoms with Gasteiger partial charge in [0.25, 0.3) is 5.91 Å². The predicted molar refractivity (Wildman–Crippen MR) is 93.3 cm³/mol. The molecule has 0 spiro atoms. The zero-order valence-electron chi connectivity index (χ0n) is 13.9. The summed E-state index contributed by atoms with van der Waals surface area (Å²) in [5, 5.41) is 2.45. The molecule has 0 saturated carbocycles. The number of anilines is 1. The van der Waals surface area contributed by atoms with Crippen molar-refractivity contribution in [3.05, 3.63) is 46.4 Å². The van der Waals surface area contributed by atoms with Gasteiger partial charge >= 0.3 is 6.18 Å². The van der Waals surface area contributed by atoms with Crippen LogP contribution in [-0.4, -0.2) is 31.1 Å². The van der Waals surface area contributed by atoms with Gasteiger partial charge in [-0.3, -0.25) is 4.79 Å². The first-order chi connectivity index (χ1) is 12.3. The minimum atomic E-state index is -4.75. The molecule has 148 valence electrons. The molecule has 2 N–H and O–H groups in total. The van der Waals surface area contributed by atoms with Crippen LogP contribution in [0.5, 0.6) is 0 Å². The van der Waals surface area contributed by atoms with E-state index in [2.05, 4.69) is 21.2 Å². The van der Waals surface area contributed by atoms with Gasteiger partial charge in [0.05, 0.1) is 4.47 Å². The Hall–Kier alpha value is -1.92. The van der Waals surface area contributed by atoms with E-state index in [1.54, 1.807) is 0 Å². The number of carbonyl (C=O) groups is 1. The van der Waals surface area contributed by atoms with Gasteiger partial charge < -0.3 is 9.88 Å². The molecule has 2 aromatic rings. The van der Waals surface area contributed by atoms with E-state index < -0.39 is 38.9 Å². The molecule has 12 heteroatoms. The van der Waals surface area contributed by atoms with Crippen LogP contribution < -0.4 is 10.0 Å². The largest absolute Gasteiger partial charge is 0.404 e. The smallest absolute Gasteiger partial charge is 0.345 e. The maximum atomic E-state index is 13.2. The lowest BCUT2D eigenvalue weighted by molar-refractivity contribution is -0.147. The predicted octanol–water partition coefficient (Wildman–Crippen LogP) is 3.41. The number of halogens is 5. The first-order valence-electron chi connectivity index (χ1n) is 7.33. The van der Waals surface area contributed by atoms with E-state index in [1.807, 2.05) is 0 Å². The first-order valence-corrected chi connectivity index (χ1v) is 9.60. The Morgan fingerprint density at radius 1 is 1.26 bits per heavy atom. The van der Waals surface area contributed by atoms with Gasteiger partial charge in [-0.05, 0) is 47.1 Å². The standard InChI is InChI=1S/C15H14BrF4N3O3S/c1-8(15(18,19)20)22-27(25,26)10-6-13(23(2)7-10)14(24)21-9-3-4-12(17)11(16)5-9/h3-8,22H,1-2H3,(H,21,24). The summed E-state index contributed by atoms with van der Waals surface area (Å²) in [5.41, 5.74) is 0.123. The topological polar surface area (TPSA) is 80.2 Å². The number of aryl methyl sites for hydroxylation is 1. The van der Waals surface area contributed by atoms with Crippen LogP contribution in [-0.2, 0) is 17.1 Å². The van der Waals surface area contributed by atoms with E-state index in [9.17, 15) is 30.8 Å². The van der Waals surface area contributed by atoms with E-state index in [1.165, 1.54) is 23.9 Å². The van der Waals surface area contributed by atoms with Crippen LogP contribution in [0.15, 0.2) is 39.8 Å². The second kappa shape index (κ2) is 7.60. The van der Waals surface area contributed by atoms with Crippen molar-refractivity contribution in [2.45, 2.75) is 24.0 Å². The van der Waals surface area contributed by atoms with E-state index in [4.69, 9.17) is 0 Å². The maximum Gasteiger partial charge on any atom is 0.404 e. The Bertz CT molecular complexity index is 973. The molecular weight excluding hydrogens is 458 g/mol. The van der Waals surface area contributed by atoms with E-state index in [0.717, 1.165) is 22.9 Å². The van der Waals surface area contributed by atoms with Crippen molar-refractivity contribution in [3.8, 4) is 0 Å². The molecule has 2 rings (SSSR count). The minimum Gasteiger partial charge on any atom is -0.345 e. The van der Waals surface area contributed by atoms with Crippen LogP contribution >= 0.6 is 15.9 Å². The van der Waals surface area contributed by atoms with Crippen LogP contribution in [0.3, 0.4) is 0 Å². The van der Waals surface area contributed by atoms with Gasteiger partial charge in [-0.1, -0.05) is 0 Å². The molecule has 6 nitrogen and oxygen atoms in total. The third kappa shape index (κ3) is 5.08. The summed E-state index contributed by atoms with van der Waals surface area (Å²) in [6.07, 6.45) is -3.74. The van der Waals surface area contributed by atoms with Gasteiger partial charge in [0.15, 0.2) is 0 Å². The summed E-state index contributed by atoms with van der Waals surface area (Å²) >= 11 is 2.96. The fourth-order valence-corrected chi connectivity index (χ4v) is 3.72. The van der Waals surface area contributed by atoms with Gasteiger partial charge in [0.1, 0.15) is 22.4 Å². The SMILES string of the molecule is CC(NS(=O)(=O)c1cc(C(=O)Nc2ccc(F)c(Br)c2)n(C)c1)C(F)(F)F. The number of hydrogen-bond donors (Lipinski definition) is 2. The van der Waals surface area contributed by atoms with Crippen molar-refractivity contribution < 1.29 is 30.8 Å². The second-order valence-electron chi connectivity index (χ2n) is 5.64. The van der Waals surface area contributed by atoms with E-state index >= 15 is 0 Å². The van der Waals surface area contributed by atoms with Gasteiger partial charge in [0.2, 0.25) is 10.0 Å². The van der Waals surface area contributed by atoms with Crippen LogP contribution in [0, 0.1) is 5.82 Å². The second-order valence-corrected chi connectivity index (χ2v) is 8.21. The van der Waals surface area contributed by atoms with Crippen LogP contribution in [0.4, 0.5) is 23.2 Å². The first kappa shape index (κ1) is 21.4. The highest BCUT2D eigenvalue weighted by Crippen LogP contribution is 2.23. The molecule has 0 aliphatic rings. The van der Waals surface area contributed by atoms with Crippen molar-refractivity contribution in [3.63, 3.8) is 0 Å². The molecule has 27 heavy (non-hydrogen) atoms. The fourth-order valence-electron chi connectivity index (χ4n) is 2.04. The molecule has 1 aromatic carbocycles. The maximum absolute atomic E-state index is 13.2. The molecule has 1 unspecified atom stereocenters. The van der Waals surface area contributed by atoms with Gasteiger partial charge in [-0.2, -0.15) is 17.9 Å². The fraction of sp³-hybridized carbons (Fsp3) is 0.267. The number of nitrogens with one attached hydrogen (secondary N) is 2. The molecule has 0 saturated heterocycles. The molecule has 0 radical (unpaired) electrons. The number of alkyl halides is 3. The van der Waals surface area contributed by atoms with Crippen molar-refractivity contribution in [1.82, 2.24) is 9.29 Å². The third-order valence-electron chi connectivity index (χ3n) is 3.52. The average Bonchev–Trinajstić information content (AvgIpc) is 2.92. The van der Waals surface area contributed by atoms with Gasteiger partial charge in [-0.25, -0.2) is 12.8 Å². The lowest BCUT2D eigenvalue weighted by Gasteiger charge is -2.16. The molecule has 0 bridgehead atoms. The van der Waals surface area contributed by atoms with Crippen molar-refractivity contribution in [1.29, 1.82) is 0 Å². The van der Waals surface area contributed by atoms with Crippen molar-refractivity contribution in [2.75, 3.05) is 5.32 Å². The Labute approximate surface area is 160 Å². The monoisotopic (exact) mass is 471 g/mol. The Kier molecular flexibility index (Phi) is 6.02. The Balaban J connectivity index is 2.24. The zero-order valence-corrected chi connectivity index (χ0v) is 16.3. The van der Waals surface area contributed by atoms with Crippen LogP contribution in [0.25, 0.3) is 0 Å².